The Morgan fingerprint density at radius 2 is 1.42 bits per heavy atom. The molecule has 0 aliphatic heterocycles. The third-order valence-electron chi connectivity index (χ3n) is 7.54. The Balaban J connectivity index is 2.89. The van der Waals surface area contributed by atoms with E-state index in [1.165, 1.54) is 0 Å². The molecule has 1 aliphatic carbocycles. The number of carbonyl (C=O) groups is 3. The number of nitrogens with one attached hydrogen (secondary N) is 2. The van der Waals surface area contributed by atoms with E-state index >= 15 is 0 Å². The summed E-state index contributed by atoms with van der Waals surface area (Å²) in [6.45, 7) is 17.8. The van der Waals surface area contributed by atoms with Crippen molar-refractivity contribution in [2.45, 2.75) is 105 Å². The van der Waals surface area contributed by atoms with Crippen LogP contribution in [0.3, 0.4) is 0 Å². The average Bonchev–Trinajstić information content (AvgIpc) is 2.63. The second-order valence-electron chi connectivity index (χ2n) is 12.0. The van der Waals surface area contributed by atoms with E-state index < -0.39 is 28.4 Å². The molecule has 1 rings (SSSR count). The van der Waals surface area contributed by atoms with Gasteiger partial charge in [-0.05, 0) is 86.6 Å². The van der Waals surface area contributed by atoms with Crippen molar-refractivity contribution in [2.24, 2.45) is 22.7 Å². The summed E-state index contributed by atoms with van der Waals surface area (Å²) in [6, 6.07) is -1.07. The minimum Gasteiger partial charge on any atom is -0.480 e. The molecule has 1 atom stereocenters. The number of carboxylic acid groups (broad SMARTS) is 1. The minimum absolute atomic E-state index is 0.0514. The van der Waals surface area contributed by atoms with Crippen LogP contribution in [0.2, 0.25) is 0 Å². The van der Waals surface area contributed by atoms with Crippen LogP contribution in [-0.2, 0) is 14.4 Å². The SMILES string of the molecule is CC(C)(C)NCC1CCC(C(=O)C(C)(C)NC(C(=O)O)C(C)(C)C(C)(C)C([NH3+])=O)CC1. The van der Waals surface area contributed by atoms with E-state index in [4.69, 9.17) is 0 Å². The van der Waals surface area contributed by atoms with Crippen molar-refractivity contribution in [1.82, 2.24) is 10.6 Å². The van der Waals surface area contributed by atoms with Crippen molar-refractivity contribution in [1.29, 1.82) is 0 Å². The van der Waals surface area contributed by atoms with E-state index in [0.717, 1.165) is 32.2 Å². The molecular weight excluding hydrogens is 394 g/mol. The Morgan fingerprint density at radius 1 is 0.935 bits per heavy atom. The fourth-order valence-electron chi connectivity index (χ4n) is 4.29. The smallest absolute Gasteiger partial charge is 0.321 e. The first-order valence-corrected chi connectivity index (χ1v) is 11.5. The van der Waals surface area contributed by atoms with Gasteiger partial charge in [0.15, 0.2) is 5.78 Å². The van der Waals surface area contributed by atoms with Crippen LogP contribution >= 0.6 is 0 Å². The molecule has 180 valence electrons. The van der Waals surface area contributed by atoms with Gasteiger partial charge in [-0.15, -0.1) is 0 Å². The lowest BCUT2D eigenvalue weighted by atomic mass is 9.62. The largest absolute Gasteiger partial charge is 0.480 e. The lowest BCUT2D eigenvalue weighted by Gasteiger charge is -2.45. The molecule has 0 saturated heterocycles. The molecule has 1 aliphatic rings. The Bertz CT molecular complexity index is 669. The van der Waals surface area contributed by atoms with E-state index in [2.05, 4.69) is 37.1 Å². The Kier molecular flexibility index (Phi) is 8.65. The molecule has 0 aromatic carbocycles. The predicted molar refractivity (Wildman–Crippen MR) is 122 cm³/mol. The van der Waals surface area contributed by atoms with E-state index in [1.807, 2.05) is 0 Å². The number of carboxylic acids is 1. The summed E-state index contributed by atoms with van der Waals surface area (Å²) in [5.41, 5.74) is 0.676. The molecule has 7 heteroatoms. The van der Waals surface area contributed by atoms with E-state index in [-0.39, 0.29) is 23.1 Å². The van der Waals surface area contributed by atoms with Crippen molar-refractivity contribution in [3.05, 3.63) is 0 Å². The molecule has 7 nitrogen and oxygen atoms in total. The maximum atomic E-state index is 13.4. The summed E-state index contributed by atoms with van der Waals surface area (Å²) in [4.78, 5) is 37.7. The van der Waals surface area contributed by atoms with Crippen molar-refractivity contribution >= 4 is 17.7 Å². The lowest BCUT2D eigenvalue weighted by molar-refractivity contribution is -0.323. The molecule has 1 unspecified atom stereocenters. The molecule has 31 heavy (non-hydrogen) atoms. The monoisotopic (exact) mass is 440 g/mol. The number of carbonyl (C=O) groups excluding carboxylic acids is 2. The fourth-order valence-corrected chi connectivity index (χ4v) is 4.29. The van der Waals surface area contributed by atoms with Gasteiger partial charge in [0.05, 0.1) is 11.0 Å². The van der Waals surface area contributed by atoms with Crippen molar-refractivity contribution in [2.75, 3.05) is 6.54 Å². The molecule has 1 fully saturated rings. The standard InChI is InChI=1S/C24H45N3O4/c1-21(2,3)26-14-15-10-12-16(13-11-15)18(28)24(8,9)27-17(19(29)30)22(4,5)23(6,7)20(25)31/h15-17,26-27H,10-14H2,1-9H3,(H2,25,31)(H,29,30)/p+1. The van der Waals surface area contributed by atoms with Crippen LogP contribution in [-0.4, -0.2) is 46.4 Å². The number of Topliss-reactive ketones (excluding diaryl/α,β-unsaturated/α-hetero) is 1. The molecule has 0 aromatic rings. The van der Waals surface area contributed by atoms with Gasteiger partial charge in [-0.3, -0.25) is 20.6 Å². The molecule has 1 saturated carbocycles. The van der Waals surface area contributed by atoms with Crippen LogP contribution in [0.5, 0.6) is 0 Å². The van der Waals surface area contributed by atoms with Crippen molar-refractivity contribution in [3.63, 3.8) is 0 Å². The number of ketones is 1. The predicted octanol–water partition coefficient (Wildman–Crippen LogP) is 2.39. The van der Waals surface area contributed by atoms with E-state index in [9.17, 15) is 19.5 Å². The molecular formula is C24H46N3O4+. The van der Waals surface area contributed by atoms with Gasteiger partial charge in [0.1, 0.15) is 6.04 Å². The van der Waals surface area contributed by atoms with Crippen LogP contribution < -0.4 is 16.4 Å². The van der Waals surface area contributed by atoms with Crippen LogP contribution in [0.15, 0.2) is 0 Å². The van der Waals surface area contributed by atoms with Crippen molar-refractivity contribution < 1.29 is 25.2 Å². The second kappa shape index (κ2) is 9.67. The van der Waals surface area contributed by atoms with Gasteiger partial charge in [-0.1, -0.05) is 13.8 Å². The average molecular weight is 441 g/mol. The molecule has 0 radical (unpaired) electrons. The van der Waals surface area contributed by atoms with E-state index in [1.54, 1.807) is 41.5 Å². The molecule has 0 heterocycles. The van der Waals surface area contributed by atoms with Crippen LogP contribution in [0.1, 0.15) is 88.0 Å². The highest BCUT2D eigenvalue weighted by Crippen LogP contribution is 2.42. The summed E-state index contributed by atoms with van der Waals surface area (Å²) in [7, 11) is 0. The van der Waals surface area contributed by atoms with Crippen LogP contribution in [0.4, 0.5) is 0 Å². The zero-order valence-corrected chi connectivity index (χ0v) is 21.1. The zero-order chi connectivity index (χ0) is 24.4. The van der Waals surface area contributed by atoms with Gasteiger partial charge < -0.3 is 10.4 Å². The van der Waals surface area contributed by atoms with Crippen LogP contribution in [0, 0.1) is 22.7 Å². The van der Waals surface area contributed by atoms with Gasteiger partial charge in [0, 0.05) is 16.9 Å². The van der Waals surface area contributed by atoms with Gasteiger partial charge in [0.2, 0.25) is 0 Å². The quantitative estimate of drug-likeness (QED) is 0.414. The maximum absolute atomic E-state index is 13.4. The van der Waals surface area contributed by atoms with Gasteiger partial charge in [0.25, 0.3) is 0 Å². The third kappa shape index (κ3) is 6.83. The Hall–Kier alpha value is -1.31. The van der Waals surface area contributed by atoms with Gasteiger partial charge >= 0.3 is 11.9 Å². The minimum atomic E-state index is -1.07. The van der Waals surface area contributed by atoms with Crippen LogP contribution in [0.25, 0.3) is 0 Å². The summed E-state index contributed by atoms with van der Waals surface area (Å²) in [5, 5.41) is 16.6. The number of quaternary nitrogens is 1. The van der Waals surface area contributed by atoms with E-state index in [0.29, 0.717) is 5.92 Å². The summed E-state index contributed by atoms with van der Waals surface area (Å²) in [5.74, 6) is -0.855. The second-order valence-corrected chi connectivity index (χ2v) is 12.0. The van der Waals surface area contributed by atoms with Gasteiger partial charge in [-0.25, -0.2) is 4.79 Å². The summed E-state index contributed by atoms with van der Waals surface area (Å²) < 4.78 is 0. The molecule has 6 N–H and O–H groups in total. The highest BCUT2D eigenvalue weighted by molar-refractivity contribution is 5.90. The number of hydrogen-bond acceptors (Lipinski definition) is 5. The normalized spacial score (nSPS) is 22.1. The third-order valence-corrected chi connectivity index (χ3v) is 7.54. The molecule has 0 spiro atoms. The first-order valence-electron chi connectivity index (χ1n) is 11.5. The van der Waals surface area contributed by atoms with Crippen molar-refractivity contribution in [3.8, 4) is 0 Å². The first-order chi connectivity index (χ1) is 13.8. The number of aliphatic carboxylic acids is 1. The Morgan fingerprint density at radius 3 is 1.81 bits per heavy atom. The molecule has 0 bridgehead atoms. The highest BCUT2D eigenvalue weighted by atomic mass is 16.4. The molecule has 1 amide bonds. The lowest BCUT2D eigenvalue weighted by Crippen LogP contribution is -2.71. The summed E-state index contributed by atoms with van der Waals surface area (Å²) in [6.07, 6.45) is 3.63. The molecule has 0 aromatic heterocycles. The maximum Gasteiger partial charge on any atom is 0.321 e. The Labute approximate surface area is 188 Å². The number of rotatable bonds is 10. The summed E-state index contributed by atoms with van der Waals surface area (Å²) >= 11 is 0. The highest BCUT2D eigenvalue weighted by Gasteiger charge is 2.53. The number of amides is 1. The fraction of sp³-hybridized carbons (Fsp3) is 0.875. The number of hydrogen-bond donors (Lipinski definition) is 4. The van der Waals surface area contributed by atoms with Gasteiger partial charge in [-0.2, -0.15) is 0 Å². The topological polar surface area (TPSA) is 123 Å². The zero-order valence-electron chi connectivity index (χ0n) is 21.1. The first kappa shape index (κ1) is 27.7.